The minimum absolute atomic E-state index is 0.0919. The molecule has 0 radical (unpaired) electrons. The molecule has 0 spiro atoms. The Bertz CT molecular complexity index is 370. The van der Waals surface area contributed by atoms with E-state index in [0.717, 1.165) is 22.8 Å². The normalized spacial score (nSPS) is 11.9. The van der Waals surface area contributed by atoms with Crippen LogP contribution in [0.3, 0.4) is 0 Å². The van der Waals surface area contributed by atoms with Crippen LogP contribution in [0, 0.1) is 17.2 Å². The van der Waals surface area contributed by atoms with Gasteiger partial charge >= 0.3 is 0 Å². The van der Waals surface area contributed by atoms with Crippen molar-refractivity contribution in [2.45, 2.75) is 20.3 Å². The van der Waals surface area contributed by atoms with Gasteiger partial charge in [-0.3, -0.25) is 0 Å². The topological polar surface area (TPSA) is 33.0 Å². The van der Waals surface area contributed by atoms with Crippen LogP contribution in [-0.2, 0) is 6.42 Å². The summed E-state index contributed by atoms with van der Waals surface area (Å²) in [6.45, 7) is 4.29. The SMILES string of the molecule is CCc1cc(OCC(C)C#N)ccc1Cl. The van der Waals surface area contributed by atoms with Crippen LogP contribution in [0.15, 0.2) is 18.2 Å². The third-order valence-corrected chi connectivity index (χ3v) is 2.49. The zero-order valence-electron chi connectivity index (χ0n) is 8.96. The third kappa shape index (κ3) is 3.45. The molecule has 0 aromatic heterocycles. The van der Waals surface area contributed by atoms with Crippen LogP contribution in [0.2, 0.25) is 5.02 Å². The number of hydrogen-bond acceptors (Lipinski definition) is 2. The number of aryl methyl sites for hydroxylation is 1. The zero-order valence-corrected chi connectivity index (χ0v) is 9.71. The van der Waals surface area contributed by atoms with Gasteiger partial charge in [-0.2, -0.15) is 5.26 Å². The van der Waals surface area contributed by atoms with Gasteiger partial charge in [-0.1, -0.05) is 18.5 Å². The largest absolute Gasteiger partial charge is 0.492 e. The van der Waals surface area contributed by atoms with E-state index in [1.54, 1.807) is 0 Å². The molecule has 1 atom stereocenters. The summed E-state index contributed by atoms with van der Waals surface area (Å²) in [6.07, 6.45) is 0.879. The van der Waals surface area contributed by atoms with E-state index < -0.39 is 0 Å². The molecule has 1 unspecified atom stereocenters. The van der Waals surface area contributed by atoms with Crippen molar-refractivity contribution in [1.29, 1.82) is 5.26 Å². The van der Waals surface area contributed by atoms with Crippen LogP contribution >= 0.6 is 11.6 Å². The van der Waals surface area contributed by atoms with Gasteiger partial charge in [0.2, 0.25) is 0 Å². The fourth-order valence-corrected chi connectivity index (χ4v) is 1.42. The molecule has 1 aromatic carbocycles. The molecule has 15 heavy (non-hydrogen) atoms. The van der Waals surface area contributed by atoms with Crippen molar-refractivity contribution in [1.82, 2.24) is 0 Å². The third-order valence-electron chi connectivity index (χ3n) is 2.12. The molecular weight excluding hydrogens is 210 g/mol. The smallest absolute Gasteiger partial charge is 0.119 e. The highest BCUT2D eigenvalue weighted by atomic mass is 35.5. The molecule has 0 aliphatic carbocycles. The summed E-state index contributed by atoms with van der Waals surface area (Å²) >= 11 is 5.98. The Morgan fingerprint density at radius 3 is 2.87 bits per heavy atom. The Kier molecular flexibility index (Phi) is 4.45. The maximum absolute atomic E-state index is 8.61. The quantitative estimate of drug-likeness (QED) is 0.784. The highest BCUT2D eigenvalue weighted by Crippen LogP contribution is 2.22. The van der Waals surface area contributed by atoms with E-state index in [2.05, 4.69) is 6.07 Å². The number of ether oxygens (including phenoxy) is 1. The van der Waals surface area contributed by atoms with Gasteiger partial charge < -0.3 is 4.74 Å². The summed E-state index contributed by atoms with van der Waals surface area (Å²) in [7, 11) is 0. The Morgan fingerprint density at radius 1 is 1.53 bits per heavy atom. The van der Waals surface area contributed by atoms with E-state index in [1.807, 2.05) is 32.0 Å². The Labute approximate surface area is 95.4 Å². The lowest BCUT2D eigenvalue weighted by Gasteiger charge is -2.09. The maximum atomic E-state index is 8.61. The summed E-state index contributed by atoms with van der Waals surface area (Å²) in [4.78, 5) is 0. The molecule has 0 aliphatic heterocycles. The first-order valence-electron chi connectivity index (χ1n) is 4.98. The fourth-order valence-electron chi connectivity index (χ4n) is 1.17. The van der Waals surface area contributed by atoms with E-state index in [4.69, 9.17) is 21.6 Å². The van der Waals surface area contributed by atoms with Gasteiger partial charge in [0.1, 0.15) is 12.4 Å². The van der Waals surface area contributed by atoms with Crippen LogP contribution in [0.25, 0.3) is 0 Å². The molecule has 0 bridgehead atoms. The lowest BCUT2D eigenvalue weighted by atomic mass is 10.1. The molecule has 0 fully saturated rings. The fraction of sp³-hybridized carbons (Fsp3) is 0.417. The summed E-state index contributed by atoms with van der Waals surface area (Å²) < 4.78 is 5.48. The Morgan fingerprint density at radius 2 is 2.27 bits per heavy atom. The standard InChI is InChI=1S/C12H14ClNO/c1-3-10-6-11(4-5-12(10)13)15-8-9(2)7-14/h4-6,9H,3,8H2,1-2H3. The van der Waals surface area contributed by atoms with Gasteiger partial charge in [-0.15, -0.1) is 0 Å². The predicted octanol–water partition coefficient (Wildman–Crippen LogP) is 3.44. The lowest BCUT2D eigenvalue weighted by Crippen LogP contribution is -2.06. The molecule has 3 heteroatoms. The average Bonchev–Trinajstić information content (AvgIpc) is 2.27. The number of benzene rings is 1. The molecule has 80 valence electrons. The van der Waals surface area contributed by atoms with Crippen LogP contribution in [-0.4, -0.2) is 6.61 Å². The van der Waals surface area contributed by atoms with Gasteiger partial charge in [-0.25, -0.2) is 0 Å². The summed E-state index contributed by atoms with van der Waals surface area (Å²) in [5, 5.41) is 9.37. The van der Waals surface area contributed by atoms with Crippen molar-refractivity contribution in [2.75, 3.05) is 6.61 Å². The van der Waals surface area contributed by atoms with Crippen molar-refractivity contribution in [3.8, 4) is 11.8 Å². The second kappa shape index (κ2) is 5.63. The summed E-state index contributed by atoms with van der Waals surface area (Å²) in [6, 6.07) is 7.70. The molecular formula is C12H14ClNO. The van der Waals surface area contributed by atoms with Crippen molar-refractivity contribution in [3.63, 3.8) is 0 Å². The molecule has 0 amide bonds. The van der Waals surface area contributed by atoms with Gasteiger partial charge in [-0.05, 0) is 37.1 Å². The first-order chi connectivity index (χ1) is 7.17. The van der Waals surface area contributed by atoms with E-state index in [9.17, 15) is 0 Å². The van der Waals surface area contributed by atoms with Crippen molar-refractivity contribution < 1.29 is 4.74 Å². The van der Waals surface area contributed by atoms with E-state index in [1.165, 1.54) is 0 Å². The number of nitrogens with zero attached hydrogens (tertiary/aromatic N) is 1. The van der Waals surface area contributed by atoms with Crippen molar-refractivity contribution in [3.05, 3.63) is 28.8 Å². The zero-order chi connectivity index (χ0) is 11.3. The van der Waals surface area contributed by atoms with E-state index in [0.29, 0.717) is 6.61 Å². The maximum Gasteiger partial charge on any atom is 0.119 e. The highest BCUT2D eigenvalue weighted by molar-refractivity contribution is 6.31. The summed E-state index contributed by atoms with van der Waals surface area (Å²) in [5.41, 5.74) is 1.07. The molecule has 1 aromatic rings. The molecule has 0 saturated carbocycles. The molecule has 2 nitrogen and oxygen atoms in total. The number of nitriles is 1. The first kappa shape index (κ1) is 11.9. The second-order valence-electron chi connectivity index (χ2n) is 3.45. The molecule has 1 rings (SSSR count). The minimum atomic E-state index is -0.0919. The number of halogens is 1. The molecule has 0 aliphatic rings. The van der Waals surface area contributed by atoms with Gasteiger partial charge in [0.05, 0.1) is 12.0 Å². The molecule has 0 heterocycles. The Balaban J connectivity index is 2.67. The van der Waals surface area contributed by atoms with Crippen molar-refractivity contribution in [2.24, 2.45) is 5.92 Å². The summed E-state index contributed by atoms with van der Waals surface area (Å²) in [5.74, 6) is 0.684. The first-order valence-corrected chi connectivity index (χ1v) is 5.36. The van der Waals surface area contributed by atoms with Gasteiger partial charge in [0.25, 0.3) is 0 Å². The van der Waals surface area contributed by atoms with Crippen LogP contribution in [0.4, 0.5) is 0 Å². The monoisotopic (exact) mass is 223 g/mol. The number of rotatable bonds is 4. The molecule has 0 saturated heterocycles. The molecule has 0 N–H and O–H groups in total. The van der Waals surface area contributed by atoms with Crippen LogP contribution < -0.4 is 4.74 Å². The van der Waals surface area contributed by atoms with E-state index in [-0.39, 0.29) is 5.92 Å². The van der Waals surface area contributed by atoms with Gasteiger partial charge in [0.15, 0.2) is 0 Å². The number of hydrogen-bond donors (Lipinski definition) is 0. The van der Waals surface area contributed by atoms with Crippen molar-refractivity contribution >= 4 is 11.6 Å². The average molecular weight is 224 g/mol. The van der Waals surface area contributed by atoms with E-state index >= 15 is 0 Å². The lowest BCUT2D eigenvalue weighted by molar-refractivity contribution is 0.288. The minimum Gasteiger partial charge on any atom is -0.492 e. The second-order valence-corrected chi connectivity index (χ2v) is 3.86. The van der Waals surface area contributed by atoms with Gasteiger partial charge in [0, 0.05) is 5.02 Å². The Hall–Kier alpha value is -1.20. The highest BCUT2D eigenvalue weighted by Gasteiger charge is 2.03. The van der Waals surface area contributed by atoms with Crippen LogP contribution in [0.5, 0.6) is 5.75 Å². The van der Waals surface area contributed by atoms with Crippen LogP contribution in [0.1, 0.15) is 19.4 Å². The predicted molar refractivity (Wildman–Crippen MR) is 61.1 cm³/mol.